The maximum atomic E-state index is 13.1. The molecule has 5 heteroatoms. The van der Waals surface area contributed by atoms with Crippen LogP contribution in [0.4, 0.5) is 4.39 Å². The molecule has 3 aromatic rings. The lowest BCUT2D eigenvalue weighted by molar-refractivity contribution is 0.307. The zero-order valence-corrected chi connectivity index (χ0v) is 15.9. The van der Waals surface area contributed by atoms with E-state index < -0.39 is 0 Å². The smallest absolute Gasteiger partial charge is 0.127 e. The number of nitrogens with two attached hydrogens (primary N) is 2. The molecule has 0 saturated heterocycles. The van der Waals surface area contributed by atoms with E-state index in [0.29, 0.717) is 17.9 Å². The number of ether oxygens (including phenoxy) is 1. The van der Waals surface area contributed by atoms with Gasteiger partial charge in [-0.1, -0.05) is 55.1 Å². The predicted octanol–water partition coefficient (Wildman–Crippen LogP) is 4.75. The molecule has 0 fully saturated rings. The van der Waals surface area contributed by atoms with E-state index in [9.17, 15) is 4.39 Å². The summed E-state index contributed by atoms with van der Waals surface area (Å²) in [7, 11) is 0. The van der Waals surface area contributed by atoms with Crippen molar-refractivity contribution in [1.82, 2.24) is 0 Å². The summed E-state index contributed by atoms with van der Waals surface area (Å²) in [5.41, 5.74) is 15.5. The number of hydrogen-bond acceptors (Lipinski definition) is 4. The molecule has 0 aromatic heterocycles. The molecule has 0 spiro atoms. The van der Waals surface area contributed by atoms with Gasteiger partial charge >= 0.3 is 0 Å². The van der Waals surface area contributed by atoms with E-state index in [1.165, 1.54) is 18.2 Å². The standard InChI is InChI=1S/C24H22FN3O/c1-16(26)22(27)14-23(28)19-6-4-5-18(13-19)21-7-2-3-8-24(21)29-15-17-9-11-20(25)12-10-17/h2-14,28H,1,15,26-27H2/b22-14-,28-23?. The third kappa shape index (κ3) is 5.11. The minimum atomic E-state index is -0.277. The second kappa shape index (κ2) is 8.89. The van der Waals surface area contributed by atoms with E-state index in [-0.39, 0.29) is 22.9 Å². The number of para-hydroxylation sites is 1. The average molecular weight is 387 g/mol. The number of hydrogen-bond donors (Lipinski definition) is 3. The van der Waals surface area contributed by atoms with E-state index >= 15 is 0 Å². The molecule has 29 heavy (non-hydrogen) atoms. The molecule has 0 amide bonds. The monoisotopic (exact) mass is 387 g/mol. The third-order valence-corrected chi connectivity index (χ3v) is 4.35. The minimum Gasteiger partial charge on any atom is -0.488 e. The zero-order valence-electron chi connectivity index (χ0n) is 15.9. The fourth-order valence-corrected chi connectivity index (χ4v) is 2.76. The van der Waals surface area contributed by atoms with Crippen LogP contribution in [0, 0.1) is 11.2 Å². The lowest BCUT2D eigenvalue weighted by atomic mass is 9.99. The van der Waals surface area contributed by atoms with Crippen LogP contribution in [0.5, 0.6) is 5.75 Å². The fraction of sp³-hybridized carbons (Fsp3) is 0.0417. The molecule has 0 saturated carbocycles. The van der Waals surface area contributed by atoms with E-state index in [4.69, 9.17) is 21.6 Å². The highest BCUT2D eigenvalue weighted by Crippen LogP contribution is 2.31. The quantitative estimate of drug-likeness (QED) is 0.404. The van der Waals surface area contributed by atoms with Crippen molar-refractivity contribution in [2.75, 3.05) is 0 Å². The maximum Gasteiger partial charge on any atom is 0.127 e. The molecular formula is C24H22FN3O. The molecule has 0 atom stereocenters. The van der Waals surface area contributed by atoms with Gasteiger partial charge in [0.2, 0.25) is 0 Å². The second-order valence-corrected chi connectivity index (χ2v) is 6.53. The van der Waals surface area contributed by atoms with Gasteiger partial charge in [-0.25, -0.2) is 4.39 Å². The molecule has 0 aliphatic carbocycles. The molecule has 0 radical (unpaired) electrons. The Morgan fingerprint density at radius 1 is 1.00 bits per heavy atom. The van der Waals surface area contributed by atoms with Gasteiger partial charge in [0.15, 0.2) is 0 Å². The highest BCUT2D eigenvalue weighted by molar-refractivity contribution is 6.07. The molecule has 3 rings (SSSR count). The van der Waals surface area contributed by atoms with Crippen molar-refractivity contribution in [2.45, 2.75) is 6.61 Å². The molecule has 146 valence electrons. The largest absolute Gasteiger partial charge is 0.488 e. The highest BCUT2D eigenvalue weighted by atomic mass is 19.1. The maximum absolute atomic E-state index is 13.1. The summed E-state index contributed by atoms with van der Waals surface area (Å²) in [6.07, 6.45) is 1.48. The molecule has 0 bridgehead atoms. The number of rotatable bonds is 7. The molecule has 5 N–H and O–H groups in total. The van der Waals surface area contributed by atoms with Gasteiger partial charge in [-0.3, -0.25) is 0 Å². The Kier molecular flexibility index (Phi) is 6.09. The summed E-state index contributed by atoms with van der Waals surface area (Å²) >= 11 is 0. The Labute approximate surface area is 169 Å². The van der Waals surface area contributed by atoms with Gasteiger partial charge < -0.3 is 21.6 Å². The Morgan fingerprint density at radius 2 is 1.72 bits per heavy atom. The van der Waals surface area contributed by atoms with Gasteiger partial charge in [-0.05, 0) is 41.5 Å². The predicted molar refractivity (Wildman–Crippen MR) is 115 cm³/mol. The lowest BCUT2D eigenvalue weighted by Gasteiger charge is -2.13. The minimum absolute atomic E-state index is 0.227. The van der Waals surface area contributed by atoms with Crippen LogP contribution in [0.2, 0.25) is 0 Å². The molecule has 3 aromatic carbocycles. The van der Waals surface area contributed by atoms with Crippen LogP contribution < -0.4 is 16.2 Å². The number of nitrogens with one attached hydrogen (secondary N) is 1. The van der Waals surface area contributed by atoms with E-state index in [2.05, 4.69) is 6.58 Å². The second-order valence-electron chi connectivity index (χ2n) is 6.53. The van der Waals surface area contributed by atoms with Crippen molar-refractivity contribution in [3.05, 3.63) is 114 Å². The van der Waals surface area contributed by atoms with Crippen LogP contribution in [-0.2, 0) is 6.61 Å². The first-order chi connectivity index (χ1) is 13.9. The zero-order chi connectivity index (χ0) is 20.8. The first-order valence-corrected chi connectivity index (χ1v) is 9.01. The van der Waals surface area contributed by atoms with Gasteiger partial charge in [-0.15, -0.1) is 0 Å². The van der Waals surface area contributed by atoms with Gasteiger partial charge in [0.25, 0.3) is 0 Å². The summed E-state index contributed by atoms with van der Waals surface area (Å²) in [5, 5.41) is 8.26. The van der Waals surface area contributed by atoms with E-state index in [0.717, 1.165) is 16.7 Å². The summed E-state index contributed by atoms with van der Waals surface area (Å²) in [4.78, 5) is 0. The van der Waals surface area contributed by atoms with E-state index in [1.54, 1.807) is 12.1 Å². The Balaban J connectivity index is 1.86. The van der Waals surface area contributed by atoms with Crippen LogP contribution in [-0.4, -0.2) is 5.71 Å². The Hall–Kier alpha value is -3.86. The molecule has 0 heterocycles. The van der Waals surface area contributed by atoms with Crippen LogP contribution >= 0.6 is 0 Å². The fourth-order valence-electron chi connectivity index (χ4n) is 2.76. The summed E-state index contributed by atoms with van der Waals surface area (Å²) in [5.74, 6) is 0.423. The van der Waals surface area contributed by atoms with Crippen LogP contribution in [0.3, 0.4) is 0 Å². The van der Waals surface area contributed by atoms with Gasteiger partial charge in [0.1, 0.15) is 18.2 Å². The summed E-state index contributed by atoms with van der Waals surface area (Å²) in [6.45, 7) is 3.90. The number of allylic oxidation sites excluding steroid dienone is 1. The van der Waals surface area contributed by atoms with Crippen LogP contribution in [0.15, 0.2) is 96.8 Å². The van der Waals surface area contributed by atoms with Gasteiger partial charge in [-0.2, -0.15) is 0 Å². The molecule has 0 aliphatic rings. The van der Waals surface area contributed by atoms with Crippen molar-refractivity contribution in [1.29, 1.82) is 5.41 Å². The topological polar surface area (TPSA) is 85.1 Å². The third-order valence-electron chi connectivity index (χ3n) is 4.35. The van der Waals surface area contributed by atoms with Gasteiger partial charge in [0, 0.05) is 16.8 Å². The summed E-state index contributed by atoms with van der Waals surface area (Å²) in [6, 6.07) is 21.4. The summed E-state index contributed by atoms with van der Waals surface area (Å²) < 4.78 is 19.1. The number of halogens is 1. The normalized spacial score (nSPS) is 11.1. The Bertz CT molecular complexity index is 1070. The van der Waals surface area contributed by atoms with Crippen molar-refractivity contribution < 1.29 is 9.13 Å². The first kappa shape index (κ1) is 19.9. The highest BCUT2D eigenvalue weighted by Gasteiger charge is 2.09. The van der Waals surface area contributed by atoms with Crippen LogP contribution in [0.1, 0.15) is 11.1 Å². The molecule has 0 aliphatic heterocycles. The lowest BCUT2D eigenvalue weighted by Crippen LogP contribution is -2.10. The molecule has 4 nitrogen and oxygen atoms in total. The van der Waals surface area contributed by atoms with E-state index in [1.807, 2.05) is 48.5 Å². The SMILES string of the molecule is C=C(N)/C(N)=C/C(=N)c1cccc(-c2ccccc2OCc2ccc(F)cc2)c1. The van der Waals surface area contributed by atoms with Crippen LogP contribution in [0.25, 0.3) is 11.1 Å². The first-order valence-electron chi connectivity index (χ1n) is 9.01. The number of benzene rings is 3. The van der Waals surface area contributed by atoms with Gasteiger partial charge in [0.05, 0.1) is 11.4 Å². The van der Waals surface area contributed by atoms with Crippen molar-refractivity contribution >= 4 is 5.71 Å². The van der Waals surface area contributed by atoms with Crippen molar-refractivity contribution in [3.63, 3.8) is 0 Å². The molecule has 0 unspecified atom stereocenters. The van der Waals surface area contributed by atoms with Crippen molar-refractivity contribution in [2.24, 2.45) is 11.5 Å². The Morgan fingerprint density at radius 3 is 2.45 bits per heavy atom. The van der Waals surface area contributed by atoms with Crippen molar-refractivity contribution in [3.8, 4) is 16.9 Å². The average Bonchev–Trinajstić information content (AvgIpc) is 2.73. The molecular weight excluding hydrogens is 365 g/mol.